The lowest BCUT2D eigenvalue weighted by molar-refractivity contribution is 0.629. The maximum Gasteiger partial charge on any atom is 0.123 e. The van der Waals surface area contributed by atoms with Gasteiger partial charge in [-0.3, -0.25) is 0 Å². The van der Waals surface area contributed by atoms with Crippen molar-refractivity contribution < 1.29 is 4.39 Å². The second-order valence-electron chi connectivity index (χ2n) is 5.52. The Kier molecular flexibility index (Phi) is 3.09. The SMILES string of the molecule is Cc1cc(C)c(Cn2ccc3cc(F)ccc32)c(C)c1. The van der Waals surface area contributed by atoms with Crippen LogP contribution in [0.1, 0.15) is 22.3 Å². The van der Waals surface area contributed by atoms with E-state index in [4.69, 9.17) is 0 Å². The highest BCUT2D eigenvalue weighted by Crippen LogP contribution is 2.22. The number of benzene rings is 2. The molecular formula is C18H18FN. The van der Waals surface area contributed by atoms with Crippen molar-refractivity contribution >= 4 is 10.9 Å². The fourth-order valence-corrected chi connectivity index (χ4v) is 2.94. The summed E-state index contributed by atoms with van der Waals surface area (Å²) in [6.45, 7) is 7.26. The molecule has 2 aromatic carbocycles. The van der Waals surface area contributed by atoms with Gasteiger partial charge in [0.25, 0.3) is 0 Å². The molecule has 0 radical (unpaired) electrons. The summed E-state index contributed by atoms with van der Waals surface area (Å²) in [5.74, 6) is -0.182. The highest BCUT2D eigenvalue weighted by atomic mass is 19.1. The molecule has 0 atom stereocenters. The van der Waals surface area contributed by atoms with E-state index in [1.807, 2.05) is 18.3 Å². The Morgan fingerprint density at radius 3 is 2.35 bits per heavy atom. The van der Waals surface area contributed by atoms with E-state index in [0.29, 0.717) is 0 Å². The average molecular weight is 267 g/mol. The van der Waals surface area contributed by atoms with Crippen LogP contribution in [-0.4, -0.2) is 4.57 Å². The first kappa shape index (κ1) is 12.9. The smallest absolute Gasteiger partial charge is 0.123 e. The van der Waals surface area contributed by atoms with Crippen LogP contribution in [0, 0.1) is 26.6 Å². The Morgan fingerprint density at radius 1 is 0.950 bits per heavy atom. The number of aromatic nitrogens is 1. The van der Waals surface area contributed by atoms with E-state index >= 15 is 0 Å². The normalized spacial score (nSPS) is 11.2. The predicted molar refractivity (Wildman–Crippen MR) is 81.7 cm³/mol. The van der Waals surface area contributed by atoms with Crippen LogP contribution < -0.4 is 0 Å². The summed E-state index contributed by atoms with van der Waals surface area (Å²) in [7, 11) is 0. The van der Waals surface area contributed by atoms with Crippen LogP contribution in [0.25, 0.3) is 10.9 Å². The fraction of sp³-hybridized carbons (Fsp3) is 0.222. The van der Waals surface area contributed by atoms with Crippen molar-refractivity contribution in [3.8, 4) is 0 Å². The maximum absolute atomic E-state index is 13.2. The standard InChI is InChI=1S/C18H18FN/c1-12-8-13(2)17(14(3)9-12)11-20-7-6-15-10-16(19)4-5-18(15)20/h4-10H,11H2,1-3H3. The molecule has 3 aromatic rings. The molecule has 1 aromatic heterocycles. The largest absolute Gasteiger partial charge is 0.343 e. The van der Waals surface area contributed by atoms with E-state index in [2.05, 4.69) is 37.5 Å². The summed E-state index contributed by atoms with van der Waals surface area (Å²) >= 11 is 0. The van der Waals surface area contributed by atoms with Gasteiger partial charge in [-0.2, -0.15) is 0 Å². The molecule has 0 bridgehead atoms. The van der Waals surface area contributed by atoms with Gasteiger partial charge in [0, 0.05) is 23.6 Å². The number of nitrogens with zero attached hydrogens (tertiary/aromatic N) is 1. The molecule has 0 aliphatic heterocycles. The highest BCUT2D eigenvalue weighted by molar-refractivity contribution is 5.80. The summed E-state index contributed by atoms with van der Waals surface area (Å²) < 4.78 is 15.4. The zero-order chi connectivity index (χ0) is 14.3. The molecule has 20 heavy (non-hydrogen) atoms. The summed E-state index contributed by atoms with van der Waals surface area (Å²) in [5, 5.41) is 0.951. The minimum absolute atomic E-state index is 0.182. The molecule has 0 spiro atoms. The van der Waals surface area contributed by atoms with Crippen molar-refractivity contribution in [2.24, 2.45) is 0 Å². The van der Waals surface area contributed by atoms with Crippen molar-refractivity contribution in [2.45, 2.75) is 27.3 Å². The maximum atomic E-state index is 13.2. The topological polar surface area (TPSA) is 4.93 Å². The second kappa shape index (κ2) is 4.78. The van der Waals surface area contributed by atoms with Gasteiger partial charge in [0.1, 0.15) is 5.82 Å². The van der Waals surface area contributed by atoms with Crippen molar-refractivity contribution in [3.63, 3.8) is 0 Å². The van der Waals surface area contributed by atoms with Crippen molar-refractivity contribution in [1.82, 2.24) is 4.57 Å². The second-order valence-corrected chi connectivity index (χ2v) is 5.52. The molecule has 0 saturated heterocycles. The van der Waals surface area contributed by atoms with Gasteiger partial charge in [0.05, 0.1) is 0 Å². The molecule has 3 rings (SSSR count). The number of halogens is 1. The Labute approximate surface area is 118 Å². The summed E-state index contributed by atoms with van der Waals surface area (Å²) in [4.78, 5) is 0. The van der Waals surface area contributed by atoms with Crippen molar-refractivity contribution in [3.05, 3.63) is 70.7 Å². The molecule has 1 nitrogen and oxygen atoms in total. The molecule has 0 amide bonds. The monoisotopic (exact) mass is 267 g/mol. The first-order valence-corrected chi connectivity index (χ1v) is 6.86. The van der Waals surface area contributed by atoms with E-state index in [-0.39, 0.29) is 5.82 Å². The minimum atomic E-state index is -0.182. The lowest BCUT2D eigenvalue weighted by Gasteiger charge is -2.13. The zero-order valence-corrected chi connectivity index (χ0v) is 12.1. The van der Waals surface area contributed by atoms with Gasteiger partial charge in [-0.25, -0.2) is 4.39 Å². The zero-order valence-electron chi connectivity index (χ0n) is 12.1. The third-order valence-electron chi connectivity index (χ3n) is 3.90. The Hall–Kier alpha value is -2.09. The minimum Gasteiger partial charge on any atom is -0.343 e. The molecule has 0 fully saturated rings. The Bertz CT molecular complexity index is 760. The molecule has 0 saturated carbocycles. The Balaban J connectivity index is 2.06. The van der Waals surface area contributed by atoms with E-state index in [1.165, 1.54) is 28.3 Å². The van der Waals surface area contributed by atoms with Gasteiger partial charge < -0.3 is 4.57 Å². The van der Waals surface area contributed by atoms with E-state index in [9.17, 15) is 4.39 Å². The average Bonchev–Trinajstić information content (AvgIpc) is 2.76. The molecule has 0 N–H and O–H groups in total. The van der Waals surface area contributed by atoms with Gasteiger partial charge in [-0.05, 0) is 61.7 Å². The van der Waals surface area contributed by atoms with E-state index < -0.39 is 0 Å². The van der Waals surface area contributed by atoms with E-state index in [1.54, 1.807) is 6.07 Å². The van der Waals surface area contributed by atoms with Crippen molar-refractivity contribution in [2.75, 3.05) is 0 Å². The lowest BCUT2D eigenvalue weighted by Crippen LogP contribution is -2.03. The molecule has 0 aliphatic rings. The molecule has 1 heterocycles. The number of hydrogen-bond donors (Lipinski definition) is 0. The van der Waals surface area contributed by atoms with Crippen LogP contribution in [0.2, 0.25) is 0 Å². The quantitative estimate of drug-likeness (QED) is 0.631. The van der Waals surface area contributed by atoms with Gasteiger partial charge in [-0.15, -0.1) is 0 Å². The highest BCUT2D eigenvalue weighted by Gasteiger charge is 2.07. The first-order chi connectivity index (χ1) is 9.54. The number of aryl methyl sites for hydroxylation is 3. The summed E-state index contributed by atoms with van der Waals surface area (Å²) in [5.41, 5.74) is 6.34. The molecule has 0 aliphatic carbocycles. The molecule has 0 unspecified atom stereocenters. The molecular weight excluding hydrogens is 249 g/mol. The number of rotatable bonds is 2. The number of fused-ring (bicyclic) bond motifs is 1. The van der Waals surface area contributed by atoms with Crippen LogP contribution in [0.3, 0.4) is 0 Å². The summed E-state index contributed by atoms with van der Waals surface area (Å²) in [6.07, 6.45) is 2.03. The summed E-state index contributed by atoms with van der Waals surface area (Å²) in [6, 6.07) is 11.4. The van der Waals surface area contributed by atoms with Crippen LogP contribution >= 0.6 is 0 Å². The molecule has 2 heteroatoms. The third kappa shape index (κ3) is 2.22. The number of hydrogen-bond acceptors (Lipinski definition) is 0. The third-order valence-corrected chi connectivity index (χ3v) is 3.90. The van der Waals surface area contributed by atoms with Crippen LogP contribution in [0.5, 0.6) is 0 Å². The molecule has 102 valence electrons. The lowest BCUT2D eigenvalue weighted by atomic mass is 10.00. The van der Waals surface area contributed by atoms with E-state index in [0.717, 1.165) is 17.4 Å². The van der Waals surface area contributed by atoms with Crippen molar-refractivity contribution in [1.29, 1.82) is 0 Å². The first-order valence-electron chi connectivity index (χ1n) is 6.86. The predicted octanol–water partition coefficient (Wildman–Crippen LogP) is 4.75. The fourth-order valence-electron chi connectivity index (χ4n) is 2.94. The van der Waals surface area contributed by atoms with Gasteiger partial charge in [0.15, 0.2) is 0 Å². The van der Waals surface area contributed by atoms with Crippen LogP contribution in [0.15, 0.2) is 42.6 Å². The van der Waals surface area contributed by atoms with Crippen LogP contribution in [-0.2, 0) is 6.54 Å². The van der Waals surface area contributed by atoms with Crippen LogP contribution in [0.4, 0.5) is 4.39 Å². The van der Waals surface area contributed by atoms with Gasteiger partial charge >= 0.3 is 0 Å². The van der Waals surface area contributed by atoms with Gasteiger partial charge in [0.2, 0.25) is 0 Å². The van der Waals surface area contributed by atoms with Gasteiger partial charge in [-0.1, -0.05) is 17.7 Å². The Morgan fingerprint density at radius 2 is 1.65 bits per heavy atom.